The highest BCUT2D eigenvalue weighted by Gasteiger charge is 2.44. The molecule has 3 aromatic rings. The van der Waals surface area contributed by atoms with Gasteiger partial charge in [0.15, 0.2) is 5.16 Å². The molecule has 1 amide bonds. The van der Waals surface area contributed by atoms with Crippen molar-refractivity contribution in [1.82, 2.24) is 14.5 Å². The van der Waals surface area contributed by atoms with Gasteiger partial charge in [0.25, 0.3) is 5.56 Å². The summed E-state index contributed by atoms with van der Waals surface area (Å²) in [4.78, 5) is 34.3. The van der Waals surface area contributed by atoms with Gasteiger partial charge in [-0.25, -0.2) is 4.98 Å². The summed E-state index contributed by atoms with van der Waals surface area (Å²) in [5.74, 6) is 1.13. The second-order valence-electron chi connectivity index (χ2n) is 10.1. The van der Waals surface area contributed by atoms with Crippen LogP contribution in [0.1, 0.15) is 61.8 Å². The summed E-state index contributed by atoms with van der Waals surface area (Å²) in [6.45, 7) is 1.97. The van der Waals surface area contributed by atoms with Crippen molar-refractivity contribution in [1.29, 1.82) is 0 Å². The lowest BCUT2D eigenvalue weighted by Gasteiger charge is -2.36. The number of piperidine rings is 1. The fraction of sp³-hybridized carbons (Fsp3) is 0.464. The van der Waals surface area contributed by atoms with E-state index in [0.717, 1.165) is 80.6 Å². The average Bonchev–Trinajstić information content (AvgIpc) is 3.57. The molecule has 0 radical (unpaired) electrons. The van der Waals surface area contributed by atoms with Crippen LogP contribution in [0, 0.1) is 0 Å². The monoisotopic (exact) mass is 489 g/mol. The van der Waals surface area contributed by atoms with Crippen LogP contribution in [0.15, 0.2) is 57.0 Å². The SMILES string of the molecule is O=C(CSc1nc2c(c(=O)n1Cc1ccco1)C1(CCCC1)Cc1ccccc1-2)N1CCCCC1. The predicted molar refractivity (Wildman–Crippen MR) is 137 cm³/mol. The summed E-state index contributed by atoms with van der Waals surface area (Å²) < 4.78 is 7.36. The number of nitrogens with zero attached hydrogens (tertiary/aromatic N) is 3. The first-order valence-electron chi connectivity index (χ1n) is 12.8. The third-order valence-corrected chi connectivity index (χ3v) is 8.92. The van der Waals surface area contributed by atoms with Gasteiger partial charge < -0.3 is 9.32 Å². The molecule has 2 aliphatic carbocycles. The smallest absolute Gasteiger partial charge is 0.258 e. The van der Waals surface area contributed by atoms with E-state index in [0.29, 0.717) is 11.7 Å². The minimum absolute atomic E-state index is 0.0238. The van der Waals surface area contributed by atoms with E-state index in [2.05, 4.69) is 18.2 Å². The minimum Gasteiger partial charge on any atom is -0.467 e. The summed E-state index contributed by atoms with van der Waals surface area (Å²) in [6.07, 6.45) is 10.2. The van der Waals surface area contributed by atoms with Gasteiger partial charge in [0, 0.05) is 24.1 Å². The molecule has 0 atom stereocenters. The Bertz CT molecular complexity index is 1290. The molecule has 2 fully saturated rings. The standard InChI is InChI=1S/C28H31N3O3S/c32-23(30-14-6-1-7-15-30)19-35-27-29-25-22-11-3-2-9-20(22)17-28(12-4-5-13-28)24(25)26(33)31(27)18-21-10-8-16-34-21/h2-3,8-11,16H,1,4-7,12-15,17-19H2. The van der Waals surface area contributed by atoms with E-state index in [1.807, 2.05) is 23.1 Å². The van der Waals surface area contributed by atoms with E-state index >= 15 is 0 Å². The highest BCUT2D eigenvalue weighted by atomic mass is 32.2. The topological polar surface area (TPSA) is 68.3 Å². The van der Waals surface area contributed by atoms with Gasteiger partial charge in [0.05, 0.1) is 29.8 Å². The molecule has 3 aliphatic rings. The summed E-state index contributed by atoms with van der Waals surface area (Å²) >= 11 is 1.38. The van der Waals surface area contributed by atoms with Gasteiger partial charge in [-0.2, -0.15) is 0 Å². The fourth-order valence-corrected chi connectivity index (χ4v) is 7.11. The highest BCUT2D eigenvalue weighted by Crippen LogP contribution is 2.50. The lowest BCUT2D eigenvalue weighted by molar-refractivity contribution is -0.129. The summed E-state index contributed by atoms with van der Waals surface area (Å²) in [7, 11) is 0. The van der Waals surface area contributed by atoms with Crippen molar-refractivity contribution in [3.63, 3.8) is 0 Å². The second-order valence-corrected chi connectivity index (χ2v) is 11.1. The number of furan rings is 1. The van der Waals surface area contributed by atoms with E-state index in [4.69, 9.17) is 9.40 Å². The number of hydrogen-bond acceptors (Lipinski definition) is 5. The van der Waals surface area contributed by atoms with Crippen molar-refractivity contribution in [2.45, 2.75) is 68.5 Å². The molecule has 1 aromatic carbocycles. The zero-order valence-corrected chi connectivity index (χ0v) is 20.8. The quantitative estimate of drug-likeness (QED) is 0.372. The van der Waals surface area contributed by atoms with Crippen LogP contribution >= 0.6 is 11.8 Å². The molecule has 6 rings (SSSR count). The van der Waals surface area contributed by atoms with Gasteiger partial charge in [-0.3, -0.25) is 14.2 Å². The van der Waals surface area contributed by atoms with Crippen molar-refractivity contribution < 1.29 is 9.21 Å². The molecule has 2 aromatic heterocycles. The first-order chi connectivity index (χ1) is 17.1. The van der Waals surface area contributed by atoms with Crippen molar-refractivity contribution in [2.24, 2.45) is 0 Å². The largest absolute Gasteiger partial charge is 0.467 e. The number of rotatable bonds is 5. The number of fused-ring (bicyclic) bond motifs is 4. The molecule has 1 spiro atoms. The first kappa shape index (κ1) is 22.7. The lowest BCUT2D eigenvalue weighted by atomic mass is 9.68. The van der Waals surface area contributed by atoms with Crippen LogP contribution in [0.3, 0.4) is 0 Å². The van der Waals surface area contributed by atoms with Crippen molar-refractivity contribution in [3.05, 3.63) is 69.9 Å². The maximum atomic E-state index is 14.3. The van der Waals surface area contributed by atoms with Gasteiger partial charge in [-0.15, -0.1) is 0 Å². The van der Waals surface area contributed by atoms with E-state index in [1.165, 1.54) is 23.7 Å². The van der Waals surface area contributed by atoms with Crippen LogP contribution < -0.4 is 5.56 Å². The third-order valence-electron chi connectivity index (χ3n) is 7.95. The number of carbonyl (C=O) groups is 1. The second kappa shape index (κ2) is 9.34. The Morgan fingerprint density at radius 1 is 1.03 bits per heavy atom. The van der Waals surface area contributed by atoms with Crippen LogP contribution in [-0.4, -0.2) is 39.2 Å². The van der Waals surface area contributed by atoms with Crippen LogP contribution in [-0.2, 0) is 23.2 Å². The van der Waals surface area contributed by atoms with E-state index in [9.17, 15) is 9.59 Å². The molecule has 0 bridgehead atoms. The molecule has 0 unspecified atom stereocenters. The van der Waals surface area contributed by atoms with Crippen LogP contribution in [0.4, 0.5) is 0 Å². The van der Waals surface area contributed by atoms with Crippen LogP contribution in [0.2, 0.25) is 0 Å². The molecular weight excluding hydrogens is 458 g/mol. The molecular formula is C28H31N3O3S. The number of aromatic nitrogens is 2. The summed E-state index contributed by atoms with van der Waals surface area (Å²) in [5, 5.41) is 0.598. The molecule has 35 heavy (non-hydrogen) atoms. The van der Waals surface area contributed by atoms with Crippen LogP contribution in [0.5, 0.6) is 0 Å². The molecule has 182 valence electrons. The molecule has 1 saturated heterocycles. The maximum absolute atomic E-state index is 14.3. The number of likely N-dealkylation sites (tertiary alicyclic amines) is 1. The normalized spacial score (nSPS) is 18.5. The Hall–Kier alpha value is -2.80. The van der Waals surface area contributed by atoms with E-state index < -0.39 is 0 Å². The molecule has 0 N–H and O–H groups in total. The molecule has 1 aliphatic heterocycles. The Balaban J connectivity index is 1.45. The highest BCUT2D eigenvalue weighted by molar-refractivity contribution is 7.99. The number of thioether (sulfide) groups is 1. The molecule has 1 saturated carbocycles. The van der Waals surface area contributed by atoms with Gasteiger partial charge >= 0.3 is 0 Å². The number of amides is 1. The van der Waals surface area contributed by atoms with E-state index in [1.54, 1.807) is 10.8 Å². The number of benzene rings is 1. The zero-order valence-electron chi connectivity index (χ0n) is 20.0. The first-order valence-corrected chi connectivity index (χ1v) is 13.8. The Labute approximate surface area is 209 Å². The maximum Gasteiger partial charge on any atom is 0.258 e. The Morgan fingerprint density at radius 3 is 2.60 bits per heavy atom. The summed E-state index contributed by atoms with van der Waals surface area (Å²) in [5.41, 5.74) is 3.90. The van der Waals surface area contributed by atoms with Crippen LogP contribution in [0.25, 0.3) is 11.3 Å². The molecule has 6 nitrogen and oxygen atoms in total. The minimum atomic E-state index is -0.147. The van der Waals surface area contributed by atoms with Gasteiger partial charge in [0.1, 0.15) is 5.76 Å². The van der Waals surface area contributed by atoms with Gasteiger partial charge in [-0.1, -0.05) is 48.9 Å². The number of hydrogen-bond donors (Lipinski definition) is 0. The van der Waals surface area contributed by atoms with Gasteiger partial charge in [-0.05, 0) is 56.2 Å². The molecule has 3 heterocycles. The predicted octanol–water partition coefficient (Wildman–Crippen LogP) is 5.02. The zero-order chi connectivity index (χ0) is 23.8. The van der Waals surface area contributed by atoms with Crippen molar-refractivity contribution in [2.75, 3.05) is 18.8 Å². The fourth-order valence-electron chi connectivity index (χ4n) is 6.21. The van der Waals surface area contributed by atoms with E-state index in [-0.39, 0.29) is 22.6 Å². The lowest BCUT2D eigenvalue weighted by Crippen LogP contribution is -2.41. The Kier molecular flexibility index (Phi) is 6.04. The summed E-state index contributed by atoms with van der Waals surface area (Å²) in [6, 6.07) is 12.1. The molecule has 7 heteroatoms. The third kappa shape index (κ3) is 4.14. The number of carbonyl (C=O) groups excluding carboxylic acids is 1. The van der Waals surface area contributed by atoms with Crippen molar-refractivity contribution >= 4 is 17.7 Å². The van der Waals surface area contributed by atoms with Gasteiger partial charge in [0.2, 0.25) is 5.91 Å². The Morgan fingerprint density at radius 2 is 1.83 bits per heavy atom. The van der Waals surface area contributed by atoms with Crippen molar-refractivity contribution in [3.8, 4) is 11.3 Å². The average molecular weight is 490 g/mol.